The molecule has 1 amide bonds. The third-order valence-electron chi connectivity index (χ3n) is 5.94. The van der Waals surface area contributed by atoms with Gasteiger partial charge in [0.1, 0.15) is 11.6 Å². The van der Waals surface area contributed by atoms with E-state index in [-0.39, 0.29) is 24.8 Å². The van der Waals surface area contributed by atoms with Gasteiger partial charge in [-0.2, -0.15) is 0 Å². The number of aliphatic hydroxyl groups is 1. The first-order valence-electron chi connectivity index (χ1n) is 9.46. The van der Waals surface area contributed by atoms with Gasteiger partial charge in [0.2, 0.25) is 0 Å². The van der Waals surface area contributed by atoms with Crippen molar-refractivity contribution in [3.8, 4) is 5.75 Å². The highest BCUT2D eigenvalue weighted by molar-refractivity contribution is 5.86. The SMILES string of the molecule is CCC1(CNC[C@@]2(O)CCCN(Cc3cc(OC)ccc3F)C2=O)CC1. The standard InChI is InChI=1S/C20H29FN2O3/c1-3-19(8-9-19)13-22-14-20(25)7-4-10-23(18(20)24)12-15-11-16(26-2)5-6-17(15)21/h5-6,11,22,25H,3-4,7-10,12-14H2,1-2H3/t20-/m0/s1. The molecule has 0 unspecified atom stereocenters. The van der Waals surface area contributed by atoms with Crippen molar-refractivity contribution in [3.63, 3.8) is 0 Å². The van der Waals surface area contributed by atoms with Crippen LogP contribution >= 0.6 is 0 Å². The van der Waals surface area contributed by atoms with Crippen molar-refractivity contribution in [1.82, 2.24) is 10.2 Å². The lowest BCUT2D eigenvalue weighted by Crippen LogP contribution is -2.58. The fourth-order valence-electron chi connectivity index (χ4n) is 3.75. The average Bonchev–Trinajstić information content (AvgIpc) is 3.41. The molecule has 1 aliphatic carbocycles. The van der Waals surface area contributed by atoms with E-state index in [1.54, 1.807) is 17.0 Å². The third kappa shape index (κ3) is 4.01. The number of ether oxygens (including phenoxy) is 1. The molecule has 1 aliphatic heterocycles. The molecular formula is C20H29FN2O3. The van der Waals surface area contributed by atoms with Crippen molar-refractivity contribution in [3.05, 3.63) is 29.6 Å². The zero-order valence-electron chi connectivity index (χ0n) is 15.7. The number of piperidine rings is 1. The van der Waals surface area contributed by atoms with Crippen LogP contribution < -0.4 is 10.1 Å². The molecule has 1 heterocycles. The number of hydrogen-bond donors (Lipinski definition) is 2. The van der Waals surface area contributed by atoms with Gasteiger partial charge in [-0.05, 0) is 55.7 Å². The van der Waals surface area contributed by atoms with Crippen molar-refractivity contribution in [2.45, 2.75) is 51.2 Å². The second-order valence-corrected chi connectivity index (χ2v) is 7.78. The Kier molecular flexibility index (Phi) is 5.53. The number of amides is 1. The number of methoxy groups -OCH3 is 1. The van der Waals surface area contributed by atoms with Gasteiger partial charge < -0.3 is 20.1 Å². The molecule has 144 valence electrons. The lowest BCUT2D eigenvalue weighted by molar-refractivity contribution is -0.157. The van der Waals surface area contributed by atoms with E-state index in [4.69, 9.17) is 4.74 Å². The van der Waals surface area contributed by atoms with Crippen LogP contribution in [0.3, 0.4) is 0 Å². The predicted octanol–water partition coefficient (Wildman–Crippen LogP) is 2.47. The summed E-state index contributed by atoms with van der Waals surface area (Å²) in [7, 11) is 1.52. The third-order valence-corrected chi connectivity index (χ3v) is 5.94. The van der Waals surface area contributed by atoms with Crippen LogP contribution in [-0.2, 0) is 11.3 Å². The largest absolute Gasteiger partial charge is 0.497 e. The molecule has 1 aromatic rings. The Morgan fingerprint density at radius 1 is 1.31 bits per heavy atom. The van der Waals surface area contributed by atoms with E-state index >= 15 is 0 Å². The highest BCUT2D eigenvalue weighted by Gasteiger charge is 2.44. The number of halogens is 1. The maximum atomic E-state index is 14.1. The van der Waals surface area contributed by atoms with Crippen molar-refractivity contribution >= 4 is 5.91 Å². The monoisotopic (exact) mass is 364 g/mol. The number of nitrogens with zero attached hydrogens (tertiary/aromatic N) is 1. The van der Waals surface area contributed by atoms with E-state index in [1.165, 1.54) is 26.0 Å². The van der Waals surface area contributed by atoms with Gasteiger partial charge in [-0.25, -0.2) is 4.39 Å². The van der Waals surface area contributed by atoms with E-state index in [0.717, 1.165) is 13.0 Å². The topological polar surface area (TPSA) is 61.8 Å². The second kappa shape index (κ2) is 7.53. The minimum Gasteiger partial charge on any atom is -0.497 e. The van der Waals surface area contributed by atoms with Crippen molar-refractivity contribution in [2.75, 3.05) is 26.7 Å². The number of carbonyl (C=O) groups excluding carboxylic acids is 1. The summed E-state index contributed by atoms with van der Waals surface area (Å²) in [5, 5.41) is 14.2. The summed E-state index contributed by atoms with van der Waals surface area (Å²) in [5.74, 6) is -0.138. The minimum absolute atomic E-state index is 0.142. The van der Waals surface area contributed by atoms with Crippen LogP contribution in [0.15, 0.2) is 18.2 Å². The molecule has 0 bridgehead atoms. The van der Waals surface area contributed by atoms with E-state index in [2.05, 4.69) is 12.2 Å². The maximum Gasteiger partial charge on any atom is 0.256 e. The highest BCUT2D eigenvalue weighted by Crippen LogP contribution is 2.47. The van der Waals surface area contributed by atoms with Crippen LogP contribution in [0.4, 0.5) is 4.39 Å². The zero-order chi connectivity index (χ0) is 18.8. The number of rotatable bonds is 8. The summed E-state index contributed by atoms with van der Waals surface area (Å²) < 4.78 is 19.2. The van der Waals surface area contributed by atoms with Gasteiger partial charge in [-0.1, -0.05) is 6.92 Å². The number of nitrogens with one attached hydrogen (secondary N) is 1. The molecule has 1 aromatic carbocycles. The van der Waals surface area contributed by atoms with Crippen LogP contribution in [-0.4, -0.2) is 48.3 Å². The van der Waals surface area contributed by atoms with Gasteiger partial charge in [0.25, 0.3) is 5.91 Å². The van der Waals surface area contributed by atoms with Gasteiger partial charge in [0.05, 0.1) is 7.11 Å². The first-order valence-corrected chi connectivity index (χ1v) is 9.46. The molecule has 2 fully saturated rings. The molecule has 1 saturated heterocycles. The van der Waals surface area contributed by atoms with E-state index in [0.29, 0.717) is 36.1 Å². The quantitative estimate of drug-likeness (QED) is 0.744. The first kappa shape index (κ1) is 19.1. The first-order chi connectivity index (χ1) is 12.4. The Bertz CT molecular complexity index is 662. The molecule has 6 heteroatoms. The fourth-order valence-corrected chi connectivity index (χ4v) is 3.75. The molecule has 2 N–H and O–H groups in total. The Morgan fingerprint density at radius 2 is 2.08 bits per heavy atom. The van der Waals surface area contributed by atoms with E-state index in [1.807, 2.05) is 0 Å². The Hall–Kier alpha value is -1.66. The molecule has 5 nitrogen and oxygen atoms in total. The zero-order valence-corrected chi connectivity index (χ0v) is 15.7. The summed E-state index contributed by atoms with van der Waals surface area (Å²) in [6.45, 7) is 3.94. The van der Waals surface area contributed by atoms with E-state index < -0.39 is 5.60 Å². The predicted molar refractivity (Wildman–Crippen MR) is 97.4 cm³/mol. The second-order valence-electron chi connectivity index (χ2n) is 7.78. The normalized spacial score (nSPS) is 24.6. The van der Waals surface area contributed by atoms with Crippen molar-refractivity contribution < 1.29 is 19.0 Å². The smallest absolute Gasteiger partial charge is 0.256 e. The molecule has 2 aliphatic rings. The van der Waals surface area contributed by atoms with Crippen LogP contribution in [0.25, 0.3) is 0 Å². The molecule has 1 atom stereocenters. The Labute approximate surface area is 154 Å². The van der Waals surface area contributed by atoms with Crippen molar-refractivity contribution in [2.24, 2.45) is 5.41 Å². The number of carbonyl (C=O) groups is 1. The molecule has 3 rings (SSSR count). The molecule has 0 radical (unpaired) electrons. The van der Waals surface area contributed by atoms with Gasteiger partial charge >= 0.3 is 0 Å². The van der Waals surface area contributed by atoms with Gasteiger partial charge in [-0.3, -0.25) is 4.79 Å². The molecule has 1 saturated carbocycles. The van der Waals surface area contributed by atoms with Crippen LogP contribution in [0, 0.1) is 11.2 Å². The summed E-state index contributed by atoms with van der Waals surface area (Å²) >= 11 is 0. The Morgan fingerprint density at radius 3 is 2.73 bits per heavy atom. The highest BCUT2D eigenvalue weighted by atomic mass is 19.1. The Balaban J connectivity index is 1.63. The molecule has 0 spiro atoms. The van der Waals surface area contributed by atoms with Crippen LogP contribution in [0.2, 0.25) is 0 Å². The van der Waals surface area contributed by atoms with Gasteiger partial charge in [0, 0.05) is 31.7 Å². The number of likely N-dealkylation sites (tertiary alicyclic amines) is 1. The average molecular weight is 364 g/mol. The van der Waals surface area contributed by atoms with E-state index in [9.17, 15) is 14.3 Å². The molecule has 0 aromatic heterocycles. The summed E-state index contributed by atoms with van der Waals surface area (Å²) in [6.07, 6.45) is 4.69. The molecular weight excluding hydrogens is 335 g/mol. The summed E-state index contributed by atoms with van der Waals surface area (Å²) in [5.41, 5.74) is -0.646. The van der Waals surface area contributed by atoms with Gasteiger partial charge in [-0.15, -0.1) is 0 Å². The minimum atomic E-state index is -1.41. The molecule has 26 heavy (non-hydrogen) atoms. The lowest BCUT2D eigenvalue weighted by atomic mass is 9.91. The maximum absolute atomic E-state index is 14.1. The van der Waals surface area contributed by atoms with Gasteiger partial charge in [0.15, 0.2) is 5.60 Å². The number of benzene rings is 1. The van der Waals surface area contributed by atoms with Crippen LogP contribution in [0.1, 0.15) is 44.6 Å². The number of hydrogen-bond acceptors (Lipinski definition) is 4. The van der Waals surface area contributed by atoms with Crippen LogP contribution in [0.5, 0.6) is 5.75 Å². The fraction of sp³-hybridized carbons (Fsp3) is 0.650. The lowest BCUT2D eigenvalue weighted by Gasteiger charge is -2.38. The van der Waals surface area contributed by atoms with Crippen molar-refractivity contribution in [1.29, 1.82) is 0 Å². The summed E-state index contributed by atoms with van der Waals surface area (Å²) in [4.78, 5) is 14.4. The summed E-state index contributed by atoms with van der Waals surface area (Å²) in [6, 6.07) is 4.50.